The van der Waals surface area contributed by atoms with Crippen LogP contribution >= 0.6 is 11.3 Å². The summed E-state index contributed by atoms with van der Waals surface area (Å²) in [4.78, 5) is 4.75. The first-order valence-electron chi connectivity index (χ1n) is 10.4. The van der Waals surface area contributed by atoms with Gasteiger partial charge < -0.3 is 5.32 Å². The number of hydrogen-bond donors (Lipinski definition) is 1. The average Bonchev–Trinajstić information content (AvgIpc) is 3.09. The molecule has 2 aromatic carbocycles. The van der Waals surface area contributed by atoms with E-state index in [9.17, 15) is 0 Å². The van der Waals surface area contributed by atoms with E-state index in [-0.39, 0.29) is 0 Å². The Morgan fingerprint density at radius 3 is 2.27 bits per heavy atom. The van der Waals surface area contributed by atoms with Gasteiger partial charge in [0.05, 0.1) is 10.2 Å². The number of nitrogens with one attached hydrogen (secondary N) is 1. The van der Waals surface area contributed by atoms with Crippen LogP contribution < -0.4 is 5.32 Å². The highest BCUT2D eigenvalue weighted by molar-refractivity contribution is 7.23. The molecule has 3 heteroatoms. The van der Waals surface area contributed by atoms with E-state index in [0.29, 0.717) is 0 Å². The SMILES string of the molecule is CCCCCCCCCCCCNc1nc2ccc3ccccc3c2s1. The van der Waals surface area contributed by atoms with Crippen molar-refractivity contribution in [2.45, 2.75) is 71.1 Å². The van der Waals surface area contributed by atoms with Crippen molar-refractivity contribution in [3.05, 3.63) is 36.4 Å². The smallest absolute Gasteiger partial charge is 0.183 e. The number of nitrogens with zero attached hydrogens (tertiary/aromatic N) is 1. The first-order chi connectivity index (χ1) is 12.9. The van der Waals surface area contributed by atoms with Gasteiger partial charge in [0, 0.05) is 11.9 Å². The Balaban J connectivity index is 1.35. The zero-order valence-electron chi connectivity index (χ0n) is 16.1. The summed E-state index contributed by atoms with van der Waals surface area (Å²) in [6, 6.07) is 12.9. The molecule has 1 N–H and O–H groups in total. The Hall–Kier alpha value is -1.61. The molecule has 0 saturated carbocycles. The number of rotatable bonds is 12. The molecule has 3 aromatic rings. The van der Waals surface area contributed by atoms with Crippen molar-refractivity contribution in [2.75, 3.05) is 11.9 Å². The molecule has 140 valence electrons. The van der Waals surface area contributed by atoms with Crippen molar-refractivity contribution in [1.82, 2.24) is 4.98 Å². The first kappa shape index (κ1) is 19.2. The number of unbranched alkanes of at least 4 members (excludes halogenated alkanes) is 9. The van der Waals surface area contributed by atoms with Gasteiger partial charge in [0.25, 0.3) is 0 Å². The van der Waals surface area contributed by atoms with Gasteiger partial charge >= 0.3 is 0 Å². The van der Waals surface area contributed by atoms with Gasteiger partial charge in [0.1, 0.15) is 0 Å². The van der Waals surface area contributed by atoms with Crippen LogP contribution in [0.2, 0.25) is 0 Å². The van der Waals surface area contributed by atoms with Gasteiger partial charge in [-0.15, -0.1) is 0 Å². The summed E-state index contributed by atoms with van der Waals surface area (Å²) in [7, 11) is 0. The van der Waals surface area contributed by atoms with E-state index in [4.69, 9.17) is 4.98 Å². The second-order valence-corrected chi connectivity index (χ2v) is 8.26. The van der Waals surface area contributed by atoms with Crippen LogP contribution in [-0.2, 0) is 0 Å². The van der Waals surface area contributed by atoms with Gasteiger partial charge in [-0.3, -0.25) is 0 Å². The summed E-state index contributed by atoms with van der Waals surface area (Å²) >= 11 is 1.79. The van der Waals surface area contributed by atoms with Crippen LogP contribution in [0.15, 0.2) is 36.4 Å². The molecular formula is C23H32N2S. The topological polar surface area (TPSA) is 24.9 Å². The molecule has 0 aliphatic heterocycles. The van der Waals surface area contributed by atoms with Crippen LogP contribution in [-0.4, -0.2) is 11.5 Å². The third-order valence-electron chi connectivity index (χ3n) is 5.09. The highest BCUT2D eigenvalue weighted by atomic mass is 32.1. The summed E-state index contributed by atoms with van der Waals surface area (Å²) in [5, 5.41) is 7.20. The molecular weight excluding hydrogens is 336 g/mol. The maximum Gasteiger partial charge on any atom is 0.183 e. The third-order valence-corrected chi connectivity index (χ3v) is 6.15. The van der Waals surface area contributed by atoms with E-state index in [1.54, 1.807) is 11.3 Å². The number of fused-ring (bicyclic) bond motifs is 3. The van der Waals surface area contributed by atoms with Crippen molar-refractivity contribution < 1.29 is 0 Å². The minimum absolute atomic E-state index is 1.04. The lowest BCUT2D eigenvalue weighted by molar-refractivity contribution is 0.560. The molecule has 26 heavy (non-hydrogen) atoms. The summed E-state index contributed by atoms with van der Waals surface area (Å²) < 4.78 is 1.30. The Labute approximate surface area is 162 Å². The van der Waals surface area contributed by atoms with E-state index in [1.807, 2.05) is 0 Å². The Bertz CT molecular complexity index is 793. The largest absolute Gasteiger partial charge is 0.361 e. The van der Waals surface area contributed by atoms with Gasteiger partial charge in [-0.25, -0.2) is 4.98 Å². The number of thiazole rings is 1. The summed E-state index contributed by atoms with van der Waals surface area (Å²) in [5.74, 6) is 0. The Kier molecular flexibility index (Phi) is 7.75. The van der Waals surface area contributed by atoms with Crippen LogP contribution in [0.5, 0.6) is 0 Å². The number of benzene rings is 2. The molecule has 0 spiro atoms. The fourth-order valence-corrected chi connectivity index (χ4v) is 4.56. The van der Waals surface area contributed by atoms with Crippen molar-refractivity contribution in [3.63, 3.8) is 0 Å². The van der Waals surface area contributed by atoms with E-state index in [2.05, 4.69) is 48.6 Å². The zero-order chi connectivity index (χ0) is 18.0. The molecule has 0 unspecified atom stereocenters. The van der Waals surface area contributed by atoms with Crippen molar-refractivity contribution in [3.8, 4) is 0 Å². The lowest BCUT2D eigenvalue weighted by Crippen LogP contribution is -2.00. The highest BCUT2D eigenvalue weighted by Crippen LogP contribution is 2.32. The molecule has 2 nitrogen and oxygen atoms in total. The van der Waals surface area contributed by atoms with Crippen molar-refractivity contribution >= 4 is 37.5 Å². The molecule has 0 saturated heterocycles. The molecule has 0 atom stereocenters. The zero-order valence-corrected chi connectivity index (χ0v) is 16.9. The van der Waals surface area contributed by atoms with E-state index >= 15 is 0 Å². The molecule has 1 aromatic heterocycles. The quantitative estimate of drug-likeness (QED) is 0.330. The van der Waals surface area contributed by atoms with Crippen LogP contribution in [0.1, 0.15) is 71.1 Å². The second-order valence-electron chi connectivity index (χ2n) is 7.26. The molecule has 0 radical (unpaired) electrons. The normalized spacial score (nSPS) is 11.4. The van der Waals surface area contributed by atoms with E-state index in [0.717, 1.165) is 17.2 Å². The maximum atomic E-state index is 4.75. The molecule has 0 aliphatic rings. The predicted octanol–water partition coefficient (Wildman–Crippen LogP) is 7.78. The predicted molar refractivity (Wildman–Crippen MR) is 117 cm³/mol. The number of hydrogen-bond acceptors (Lipinski definition) is 3. The minimum atomic E-state index is 1.04. The van der Waals surface area contributed by atoms with Crippen molar-refractivity contribution in [2.24, 2.45) is 0 Å². The number of aromatic nitrogens is 1. The standard InChI is InChI=1S/C23H32N2S/c1-2-3-4-5-6-7-8-9-10-13-18-24-23-25-21-17-16-19-14-11-12-15-20(19)22(21)26-23/h11-12,14-17H,2-10,13,18H2,1H3,(H,24,25). The Morgan fingerprint density at radius 2 is 1.50 bits per heavy atom. The molecule has 1 heterocycles. The average molecular weight is 369 g/mol. The Morgan fingerprint density at radius 1 is 0.808 bits per heavy atom. The van der Waals surface area contributed by atoms with Crippen LogP contribution in [0.25, 0.3) is 21.0 Å². The molecule has 0 bridgehead atoms. The highest BCUT2D eigenvalue weighted by Gasteiger charge is 2.06. The second kappa shape index (κ2) is 10.5. The van der Waals surface area contributed by atoms with Gasteiger partial charge in [-0.2, -0.15) is 0 Å². The van der Waals surface area contributed by atoms with Gasteiger partial charge in [-0.1, -0.05) is 106 Å². The minimum Gasteiger partial charge on any atom is -0.361 e. The monoisotopic (exact) mass is 368 g/mol. The number of anilines is 1. The van der Waals surface area contributed by atoms with Gasteiger partial charge in [-0.05, 0) is 17.9 Å². The van der Waals surface area contributed by atoms with Crippen LogP contribution in [0.3, 0.4) is 0 Å². The van der Waals surface area contributed by atoms with E-state index in [1.165, 1.54) is 79.7 Å². The lowest BCUT2D eigenvalue weighted by atomic mass is 10.1. The fraction of sp³-hybridized carbons (Fsp3) is 0.522. The van der Waals surface area contributed by atoms with E-state index < -0.39 is 0 Å². The fourth-order valence-electron chi connectivity index (χ4n) is 3.54. The summed E-state index contributed by atoms with van der Waals surface area (Å²) in [5.41, 5.74) is 1.11. The first-order valence-corrected chi connectivity index (χ1v) is 11.2. The van der Waals surface area contributed by atoms with Crippen molar-refractivity contribution in [1.29, 1.82) is 0 Å². The maximum absolute atomic E-state index is 4.75. The lowest BCUT2D eigenvalue weighted by Gasteiger charge is -2.03. The molecule has 0 fully saturated rings. The summed E-state index contributed by atoms with van der Waals surface area (Å²) in [6.45, 7) is 3.32. The van der Waals surface area contributed by atoms with Gasteiger partial charge in [0.15, 0.2) is 5.13 Å². The molecule has 0 aliphatic carbocycles. The third kappa shape index (κ3) is 5.44. The van der Waals surface area contributed by atoms with Crippen LogP contribution in [0, 0.1) is 0 Å². The van der Waals surface area contributed by atoms with Gasteiger partial charge in [0.2, 0.25) is 0 Å². The molecule has 3 rings (SSSR count). The summed E-state index contributed by atoms with van der Waals surface area (Å²) in [6.07, 6.45) is 13.8. The molecule has 0 amide bonds. The van der Waals surface area contributed by atoms with Crippen LogP contribution in [0.4, 0.5) is 5.13 Å².